The molecule has 0 aliphatic carbocycles. The van der Waals surface area contributed by atoms with Crippen LogP contribution in [0, 0.1) is 0 Å². The van der Waals surface area contributed by atoms with Gasteiger partial charge >= 0.3 is 5.97 Å². The molecule has 6 nitrogen and oxygen atoms in total. The van der Waals surface area contributed by atoms with Gasteiger partial charge in [-0.3, -0.25) is 9.59 Å². The number of hydrogen-bond donors (Lipinski definition) is 2. The smallest absolute Gasteiger partial charge is 0.307 e. The van der Waals surface area contributed by atoms with E-state index in [0.29, 0.717) is 34.9 Å². The van der Waals surface area contributed by atoms with Crippen molar-refractivity contribution in [2.75, 3.05) is 19.0 Å². The first kappa shape index (κ1) is 18.3. The fourth-order valence-corrected chi connectivity index (χ4v) is 2.28. The lowest BCUT2D eigenvalue weighted by molar-refractivity contribution is -0.136. The van der Waals surface area contributed by atoms with Gasteiger partial charge in [0.2, 0.25) is 0 Å². The van der Waals surface area contributed by atoms with Crippen LogP contribution in [-0.2, 0) is 11.2 Å². The van der Waals surface area contributed by atoms with Gasteiger partial charge in [0, 0.05) is 11.8 Å². The largest absolute Gasteiger partial charge is 0.497 e. The molecule has 132 valence electrons. The predicted molar refractivity (Wildman–Crippen MR) is 94.5 cm³/mol. The zero-order valence-electron chi connectivity index (χ0n) is 14.2. The van der Waals surface area contributed by atoms with E-state index >= 15 is 0 Å². The van der Waals surface area contributed by atoms with E-state index in [9.17, 15) is 9.59 Å². The van der Waals surface area contributed by atoms with Crippen molar-refractivity contribution in [3.63, 3.8) is 0 Å². The average molecular weight is 343 g/mol. The summed E-state index contributed by atoms with van der Waals surface area (Å²) >= 11 is 0. The Hall–Kier alpha value is -3.02. The molecule has 2 rings (SSSR count). The third-order valence-electron chi connectivity index (χ3n) is 3.44. The second-order valence-corrected chi connectivity index (χ2v) is 5.44. The molecule has 2 aromatic rings. The van der Waals surface area contributed by atoms with Crippen molar-refractivity contribution in [2.24, 2.45) is 0 Å². The van der Waals surface area contributed by atoms with Crippen LogP contribution in [0.2, 0.25) is 0 Å². The zero-order valence-corrected chi connectivity index (χ0v) is 14.2. The normalized spacial score (nSPS) is 10.2. The Bertz CT molecular complexity index is 757. The van der Waals surface area contributed by atoms with E-state index in [1.807, 2.05) is 6.92 Å². The molecule has 1 amide bonds. The summed E-state index contributed by atoms with van der Waals surface area (Å²) in [5, 5.41) is 11.6. The van der Waals surface area contributed by atoms with E-state index in [2.05, 4.69) is 5.32 Å². The van der Waals surface area contributed by atoms with E-state index in [1.54, 1.807) is 49.6 Å². The number of methoxy groups -OCH3 is 1. The molecule has 0 bridgehead atoms. The topological polar surface area (TPSA) is 84.9 Å². The Morgan fingerprint density at radius 2 is 1.96 bits per heavy atom. The van der Waals surface area contributed by atoms with E-state index in [-0.39, 0.29) is 12.3 Å². The SMILES string of the molecule is CCCOc1cc(OC)ccc1C(=O)Nc1cccc(CC(=O)O)c1. The lowest BCUT2D eigenvalue weighted by Crippen LogP contribution is -2.14. The Labute approximate surface area is 146 Å². The maximum atomic E-state index is 12.6. The average Bonchev–Trinajstić information content (AvgIpc) is 2.59. The van der Waals surface area contributed by atoms with Crippen LogP contribution in [-0.4, -0.2) is 30.7 Å². The number of nitrogens with one attached hydrogen (secondary N) is 1. The van der Waals surface area contributed by atoms with Gasteiger partial charge < -0.3 is 19.9 Å². The standard InChI is InChI=1S/C19H21NO5/c1-3-9-25-17-12-15(24-2)7-8-16(17)19(23)20-14-6-4-5-13(10-14)11-18(21)22/h4-8,10,12H,3,9,11H2,1-2H3,(H,20,23)(H,21,22). The summed E-state index contributed by atoms with van der Waals surface area (Å²) in [5.74, 6) is -0.207. The van der Waals surface area contributed by atoms with Crippen molar-refractivity contribution >= 4 is 17.6 Å². The fourth-order valence-electron chi connectivity index (χ4n) is 2.28. The second kappa shape index (κ2) is 8.73. The molecule has 0 atom stereocenters. The minimum Gasteiger partial charge on any atom is -0.497 e. The van der Waals surface area contributed by atoms with Gasteiger partial charge in [-0.2, -0.15) is 0 Å². The first-order valence-electron chi connectivity index (χ1n) is 7.96. The Morgan fingerprint density at radius 1 is 1.16 bits per heavy atom. The summed E-state index contributed by atoms with van der Waals surface area (Å²) in [4.78, 5) is 23.4. The molecule has 0 spiro atoms. The molecule has 6 heteroatoms. The molecule has 0 heterocycles. The van der Waals surface area contributed by atoms with Crippen LogP contribution in [0.15, 0.2) is 42.5 Å². The van der Waals surface area contributed by atoms with Crippen molar-refractivity contribution in [2.45, 2.75) is 19.8 Å². The van der Waals surface area contributed by atoms with Crippen LogP contribution < -0.4 is 14.8 Å². The summed E-state index contributed by atoms with van der Waals surface area (Å²) < 4.78 is 10.8. The van der Waals surface area contributed by atoms with Crippen molar-refractivity contribution < 1.29 is 24.2 Å². The van der Waals surface area contributed by atoms with Gasteiger partial charge in [-0.25, -0.2) is 0 Å². The zero-order chi connectivity index (χ0) is 18.2. The highest BCUT2D eigenvalue weighted by Gasteiger charge is 2.14. The molecule has 2 aromatic carbocycles. The number of amides is 1. The van der Waals surface area contributed by atoms with Crippen molar-refractivity contribution in [1.82, 2.24) is 0 Å². The third kappa shape index (κ3) is 5.24. The molecule has 25 heavy (non-hydrogen) atoms. The van der Waals surface area contributed by atoms with Crippen LogP contribution >= 0.6 is 0 Å². The number of ether oxygens (including phenoxy) is 2. The van der Waals surface area contributed by atoms with Gasteiger partial charge in [0.25, 0.3) is 5.91 Å². The molecule has 0 radical (unpaired) electrons. The number of carboxylic acid groups (broad SMARTS) is 1. The number of aliphatic carboxylic acids is 1. The summed E-state index contributed by atoms with van der Waals surface area (Å²) in [7, 11) is 1.55. The van der Waals surface area contributed by atoms with E-state index in [0.717, 1.165) is 6.42 Å². The van der Waals surface area contributed by atoms with E-state index < -0.39 is 5.97 Å². The Morgan fingerprint density at radius 3 is 2.64 bits per heavy atom. The number of carbonyl (C=O) groups excluding carboxylic acids is 1. The number of rotatable bonds is 8. The summed E-state index contributed by atoms with van der Waals surface area (Å²) in [6, 6.07) is 11.8. The van der Waals surface area contributed by atoms with Crippen LogP contribution in [0.4, 0.5) is 5.69 Å². The number of carboxylic acids is 1. The summed E-state index contributed by atoms with van der Waals surface area (Å²) in [5.41, 5.74) is 1.53. The Balaban J connectivity index is 2.21. The Kier molecular flexibility index (Phi) is 6.39. The number of benzene rings is 2. The lowest BCUT2D eigenvalue weighted by atomic mass is 10.1. The maximum Gasteiger partial charge on any atom is 0.307 e. The predicted octanol–water partition coefficient (Wildman–Crippen LogP) is 3.36. The van der Waals surface area contributed by atoms with Gasteiger partial charge in [0.15, 0.2) is 0 Å². The maximum absolute atomic E-state index is 12.6. The molecule has 0 aliphatic heterocycles. The van der Waals surface area contributed by atoms with E-state index in [4.69, 9.17) is 14.6 Å². The van der Waals surface area contributed by atoms with Crippen molar-refractivity contribution in [3.8, 4) is 11.5 Å². The molecular formula is C19H21NO5. The van der Waals surface area contributed by atoms with Crippen LogP contribution in [0.1, 0.15) is 29.3 Å². The fraction of sp³-hybridized carbons (Fsp3) is 0.263. The van der Waals surface area contributed by atoms with Crippen LogP contribution in [0.3, 0.4) is 0 Å². The minimum atomic E-state index is -0.922. The third-order valence-corrected chi connectivity index (χ3v) is 3.44. The first-order valence-corrected chi connectivity index (χ1v) is 7.96. The molecule has 0 saturated heterocycles. The van der Waals surface area contributed by atoms with Crippen molar-refractivity contribution in [1.29, 1.82) is 0 Å². The first-order chi connectivity index (χ1) is 12.0. The highest BCUT2D eigenvalue weighted by Crippen LogP contribution is 2.26. The van der Waals surface area contributed by atoms with Gasteiger partial charge in [-0.05, 0) is 36.2 Å². The second-order valence-electron chi connectivity index (χ2n) is 5.44. The monoisotopic (exact) mass is 343 g/mol. The van der Waals surface area contributed by atoms with Crippen LogP contribution in [0.5, 0.6) is 11.5 Å². The molecule has 0 fully saturated rings. The summed E-state index contributed by atoms with van der Waals surface area (Å²) in [6.45, 7) is 2.47. The van der Waals surface area contributed by atoms with Gasteiger partial charge in [0.05, 0.1) is 25.7 Å². The quantitative estimate of drug-likeness (QED) is 0.768. The molecule has 2 N–H and O–H groups in total. The molecule has 0 saturated carbocycles. The molecule has 0 aromatic heterocycles. The highest BCUT2D eigenvalue weighted by atomic mass is 16.5. The van der Waals surface area contributed by atoms with Gasteiger partial charge in [0.1, 0.15) is 11.5 Å². The van der Waals surface area contributed by atoms with Crippen LogP contribution in [0.25, 0.3) is 0 Å². The molecule has 0 aliphatic rings. The molecule has 0 unspecified atom stereocenters. The lowest BCUT2D eigenvalue weighted by Gasteiger charge is -2.13. The van der Waals surface area contributed by atoms with Gasteiger partial charge in [-0.1, -0.05) is 19.1 Å². The van der Waals surface area contributed by atoms with Crippen molar-refractivity contribution in [3.05, 3.63) is 53.6 Å². The molecular weight excluding hydrogens is 322 g/mol. The number of hydrogen-bond acceptors (Lipinski definition) is 4. The highest BCUT2D eigenvalue weighted by molar-refractivity contribution is 6.06. The van der Waals surface area contributed by atoms with Gasteiger partial charge in [-0.15, -0.1) is 0 Å². The minimum absolute atomic E-state index is 0.100. The number of carbonyl (C=O) groups is 2. The number of anilines is 1. The summed E-state index contributed by atoms with van der Waals surface area (Å²) in [6.07, 6.45) is 0.715. The van der Waals surface area contributed by atoms with E-state index in [1.165, 1.54) is 0 Å².